The highest BCUT2D eigenvalue weighted by Crippen LogP contribution is 2.24. The summed E-state index contributed by atoms with van der Waals surface area (Å²) >= 11 is 1.78. The first kappa shape index (κ1) is 22.8. The maximum atomic E-state index is 13.1. The summed E-state index contributed by atoms with van der Waals surface area (Å²) in [4.78, 5) is 12.5. The van der Waals surface area contributed by atoms with Gasteiger partial charge in [0.1, 0.15) is 5.82 Å². The van der Waals surface area contributed by atoms with Gasteiger partial charge in [0.05, 0.1) is 4.90 Å². The maximum absolute atomic E-state index is 13.1. The molecule has 0 radical (unpaired) electrons. The number of benzene rings is 2. The number of carbonyl (C=O) groups is 1. The third-order valence-corrected chi connectivity index (χ3v) is 8.12. The van der Waals surface area contributed by atoms with E-state index in [1.807, 2.05) is 0 Å². The summed E-state index contributed by atoms with van der Waals surface area (Å²) in [5, 5.41) is 2.97. The van der Waals surface area contributed by atoms with Gasteiger partial charge in [-0.2, -0.15) is 16.1 Å². The molecule has 0 unspecified atom stereocenters. The van der Waals surface area contributed by atoms with Crippen molar-refractivity contribution in [3.63, 3.8) is 0 Å². The topological polar surface area (TPSA) is 66.5 Å². The van der Waals surface area contributed by atoms with Crippen LogP contribution in [0, 0.1) is 18.7 Å². The fourth-order valence-corrected chi connectivity index (χ4v) is 5.77. The van der Waals surface area contributed by atoms with E-state index in [1.165, 1.54) is 27.6 Å². The molecule has 5 nitrogen and oxygen atoms in total. The van der Waals surface area contributed by atoms with Gasteiger partial charge in [-0.25, -0.2) is 12.8 Å². The minimum atomic E-state index is -3.65. The number of nitrogens with zero attached hydrogens (tertiary/aromatic N) is 1. The average molecular weight is 451 g/mol. The Labute approximate surface area is 182 Å². The normalized spacial score (nSPS) is 15.8. The van der Waals surface area contributed by atoms with Gasteiger partial charge < -0.3 is 5.32 Å². The summed E-state index contributed by atoms with van der Waals surface area (Å²) in [6.45, 7) is 3.26. The van der Waals surface area contributed by atoms with E-state index >= 15 is 0 Å². The zero-order valence-electron chi connectivity index (χ0n) is 17.0. The molecule has 3 rings (SSSR count). The number of nitrogens with one attached hydrogen (secondary N) is 1. The van der Waals surface area contributed by atoms with Crippen LogP contribution < -0.4 is 5.32 Å². The Bertz CT molecular complexity index is 957. The van der Waals surface area contributed by atoms with Crippen molar-refractivity contribution in [2.75, 3.05) is 25.4 Å². The van der Waals surface area contributed by atoms with E-state index in [4.69, 9.17) is 0 Å². The minimum absolute atomic E-state index is 0.00927. The van der Waals surface area contributed by atoms with Gasteiger partial charge in [-0.05, 0) is 49.6 Å². The molecule has 0 aliphatic carbocycles. The lowest BCUT2D eigenvalue weighted by atomic mass is 9.97. The molecule has 1 heterocycles. The van der Waals surface area contributed by atoms with E-state index in [2.05, 4.69) is 36.5 Å². The molecule has 162 valence electrons. The van der Waals surface area contributed by atoms with Crippen LogP contribution in [-0.2, 0) is 20.6 Å². The number of halogens is 1. The molecule has 0 bridgehead atoms. The number of hydrogen-bond acceptors (Lipinski definition) is 4. The first-order valence-electron chi connectivity index (χ1n) is 10.0. The number of piperidine rings is 1. The number of hydrogen-bond donors (Lipinski definition) is 1. The van der Waals surface area contributed by atoms with Crippen molar-refractivity contribution in [3.8, 4) is 0 Å². The van der Waals surface area contributed by atoms with E-state index in [-0.39, 0.29) is 16.7 Å². The molecular formula is C22H27FN2O3S2. The van der Waals surface area contributed by atoms with Crippen molar-refractivity contribution in [2.24, 2.45) is 5.92 Å². The summed E-state index contributed by atoms with van der Waals surface area (Å²) in [6, 6.07) is 13.2. The van der Waals surface area contributed by atoms with Crippen LogP contribution in [0.3, 0.4) is 0 Å². The Balaban J connectivity index is 1.39. The molecule has 0 atom stereocenters. The quantitative estimate of drug-likeness (QED) is 0.625. The predicted octanol–water partition coefficient (Wildman–Crippen LogP) is 3.58. The lowest BCUT2D eigenvalue weighted by Crippen LogP contribution is -2.43. The maximum Gasteiger partial charge on any atom is 0.243 e. The van der Waals surface area contributed by atoms with Crippen LogP contribution in [-0.4, -0.2) is 44.0 Å². The van der Waals surface area contributed by atoms with Gasteiger partial charge in [0.15, 0.2) is 0 Å². The molecule has 30 heavy (non-hydrogen) atoms. The highest BCUT2D eigenvalue weighted by molar-refractivity contribution is 7.98. The summed E-state index contributed by atoms with van der Waals surface area (Å²) < 4.78 is 39.7. The molecule has 8 heteroatoms. The molecule has 1 aliphatic heterocycles. The van der Waals surface area contributed by atoms with Crippen LogP contribution in [0.15, 0.2) is 53.4 Å². The fraction of sp³-hybridized carbons (Fsp3) is 0.409. The number of amides is 1. The number of carbonyl (C=O) groups excluding carboxylic acids is 1. The Morgan fingerprint density at radius 3 is 2.53 bits per heavy atom. The van der Waals surface area contributed by atoms with Gasteiger partial charge in [0, 0.05) is 37.1 Å². The number of sulfonamides is 1. The Morgan fingerprint density at radius 2 is 1.87 bits per heavy atom. The van der Waals surface area contributed by atoms with Crippen molar-refractivity contribution in [1.82, 2.24) is 9.62 Å². The zero-order valence-corrected chi connectivity index (χ0v) is 18.6. The lowest BCUT2D eigenvalue weighted by molar-refractivity contribution is -0.125. The largest absolute Gasteiger partial charge is 0.355 e. The number of aryl methyl sites for hydroxylation is 1. The van der Waals surface area contributed by atoms with Crippen LogP contribution in [0.4, 0.5) is 4.39 Å². The van der Waals surface area contributed by atoms with E-state index in [0.717, 1.165) is 23.6 Å². The monoisotopic (exact) mass is 450 g/mol. The van der Waals surface area contributed by atoms with Gasteiger partial charge >= 0.3 is 0 Å². The molecule has 2 aromatic carbocycles. The number of thioether (sulfide) groups is 1. The summed E-state index contributed by atoms with van der Waals surface area (Å²) in [7, 11) is -3.65. The second-order valence-corrected chi connectivity index (χ2v) is 10.5. The third-order valence-electron chi connectivity index (χ3n) is 5.17. The van der Waals surface area contributed by atoms with Gasteiger partial charge in [0.2, 0.25) is 15.9 Å². The highest BCUT2D eigenvalue weighted by Gasteiger charge is 2.31. The molecule has 2 aromatic rings. The van der Waals surface area contributed by atoms with Crippen LogP contribution in [0.25, 0.3) is 0 Å². The van der Waals surface area contributed by atoms with Crippen molar-refractivity contribution < 1.29 is 17.6 Å². The van der Waals surface area contributed by atoms with E-state index < -0.39 is 15.8 Å². The van der Waals surface area contributed by atoms with E-state index in [0.29, 0.717) is 32.5 Å². The SMILES string of the molecule is Cc1cccc(CSCCNC(=O)C2CCN(S(=O)(=O)c3ccc(F)cc3)CC2)c1. The minimum Gasteiger partial charge on any atom is -0.355 e. The molecule has 0 saturated carbocycles. The standard InChI is InChI=1S/C22H27FN2O3S2/c1-17-3-2-4-18(15-17)16-29-14-11-24-22(26)19-9-12-25(13-10-19)30(27,28)21-7-5-20(23)6-8-21/h2-8,15,19H,9-14,16H2,1H3,(H,24,26). The zero-order chi connectivity index (χ0) is 21.6. The summed E-state index contributed by atoms with van der Waals surface area (Å²) in [5.74, 6) is 1.09. The average Bonchev–Trinajstić information content (AvgIpc) is 2.74. The van der Waals surface area contributed by atoms with Crippen LogP contribution in [0.5, 0.6) is 0 Å². The Hall–Kier alpha value is -1.90. The van der Waals surface area contributed by atoms with Crippen LogP contribution >= 0.6 is 11.8 Å². The molecule has 1 aliphatic rings. The second kappa shape index (κ2) is 10.4. The van der Waals surface area contributed by atoms with E-state index in [9.17, 15) is 17.6 Å². The highest BCUT2D eigenvalue weighted by atomic mass is 32.2. The van der Waals surface area contributed by atoms with Gasteiger partial charge in [-0.3, -0.25) is 4.79 Å². The molecule has 1 saturated heterocycles. The predicted molar refractivity (Wildman–Crippen MR) is 118 cm³/mol. The molecule has 1 fully saturated rings. The van der Waals surface area contributed by atoms with Crippen molar-refractivity contribution in [2.45, 2.75) is 30.4 Å². The van der Waals surface area contributed by atoms with Crippen molar-refractivity contribution in [1.29, 1.82) is 0 Å². The van der Waals surface area contributed by atoms with Crippen LogP contribution in [0.1, 0.15) is 24.0 Å². The molecule has 1 amide bonds. The van der Waals surface area contributed by atoms with Crippen molar-refractivity contribution >= 4 is 27.7 Å². The lowest BCUT2D eigenvalue weighted by Gasteiger charge is -2.30. The Kier molecular flexibility index (Phi) is 7.91. The van der Waals surface area contributed by atoms with Gasteiger partial charge in [-0.1, -0.05) is 29.8 Å². The summed E-state index contributed by atoms with van der Waals surface area (Å²) in [5.41, 5.74) is 2.52. The smallest absolute Gasteiger partial charge is 0.243 e. The van der Waals surface area contributed by atoms with Crippen molar-refractivity contribution in [3.05, 3.63) is 65.5 Å². The first-order valence-corrected chi connectivity index (χ1v) is 12.6. The third kappa shape index (κ3) is 6.06. The molecule has 0 spiro atoms. The van der Waals surface area contributed by atoms with Crippen LogP contribution in [0.2, 0.25) is 0 Å². The number of rotatable bonds is 8. The summed E-state index contributed by atoms with van der Waals surface area (Å²) in [6.07, 6.45) is 0.978. The first-order chi connectivity index (χ1) is 14.4. The molecule has 1 N–H and O–H groups in total. The molecule has 0 aromatic heterocycles. The second-order valence-electron chi connectivity index (χ2n) is 7.46. The van der Waals surface area contributed by atoms with Gasteiger partial charge in [0.25, 0.3) is 0 Å². The van der Waals surface area contributed by atoms with E-state index in [1.54, 1.807) is 11.8 Å². The fourth-order valence-electron chi connectivity index (χ4n) is 3.50. The van der Waals surface area contributed by atoms with Gasteiger partial charge in [-0.15, -0.1) is 0 Å². The molecular weight excluding hydrogens is 423 g/mol. The Morgan fingerprint density at radius 1 is 1.17 bits per heavy atom.